The molecule has 26 heavy (non-hydrogen) atoms. The van der Waals surface area contributed by atoms with E-state index in [1.807, 2.05) is 0 Å². The minimum atomic E-state index is -0.403. The smallest absolute Gasteiger partial charge is 0.255 e. The number of para-hydroxylation sites is 1. The van der Waals surface area contributed by atoms with Crippen molar-refractivity contribution in [3.63, 3.8) is 0 Å². The molecule has 3 heterocycles. The Morgan fingerprint density at radius 2 is 2.00 bits per heavy atom. The third-order valence-electron chi connectivity index (χ3n) is 3.60. The highest BCUT2D eigenvalue weighted by Crippen LogP contribution is 2.16. The molecule has 0 bridgehead atoms. The Balaban J connectivity index is 1.54. The number of hydrogen-bond donors (Lipinski definition) is 1. The lowest BCUT2D eigenvalue weighted by molar-refractivity contribution is 0.102. The van der Waals surface area contributed by atoms with Gasteiger partial charge in [-0.1, -0.05) is 12.1 Å². The summed E-state index contributed by atoms with van der Waals surface area (Å²) in [5.41, 5.74) is 1.13. The van der Waals surface area contributed by atoms with Gasteiger partial charge in [-0.05, 0) is 24.3 Å². The van der Waals surface area contributed by atoms with E-state index in [4.69, 9.17) is 0 Å². The van der Waals surface area contributed by atoms with Crippen LogP contribution in [-0.4, -0.2) is 35.4 Å². The number of anilines is 1. The van der Waals surface area contributed by atoms with Gasteiger partial charge in [-0.2, -0.15) is 10.2 Å². The van der Waals surface area contributed by atoms with Gasteiger partial charge in [-0.15, -0.1) is 0 Å². The molecule has 0 aliphatic heterocycles. The summed E-state index contributed by atoms with van der Waals surface area (Å²) >= 11 is 0. The fourth-order valence-corrected chi connectivity index (χ4v) is 2.37. The minimum Gasteiger partial charge on any atom is -0.319 e. The second-order valence-electron chi connectivity index (χ2n) is 5.32. The van der Waals surface area contributed by atoms with E-state index in [2.05, 4.69) is 25.5 Å². The molecule has 0 aliphatic rings. The lowest BCUT2D eigenvalue weighted by Gasteiger charge is -2.05. The monoisotopic (exact) mass is 349 g/mol. The van der Waals surface area contributed by atoms with Gasteiger partial charge < -0.3 is 5.32 Å². The maximum Gasteiger partial charge on any atom is 0.255 e. The van der Waals surface area contributed by atoms with Gasteiger partial charge in [0.05, 0.1) is 18.1 Å². The van der Waals surface area contributed by atoms with Crippen LogP contribution in [0.2, 0.25) is 0 Å². The van der Waals surface area contributed by atoms with Crippen LogP contribution in [0.1, 0.15) is 10.4 Å². The van der Waals surface area contributed by atoms with Crippen molar-refractivity contribution in [2.24, 2.45) is 0 Å². The lowest BCUT2D eigenvalue weighted by atomic mass is 10.2. The Morgan fingerprint density at radius 3 is 2.81 bits per heavy atom. The Labute approximate surface area is 146 Å². The first kappa shape index (κ1) is 15.6. The molecule has 8 nitrogen and oxygen atoms in total. The number of rotatable bonds is 4. The molecule has 1 N–H and O–H groups in total. The van der Waals surface area contributed by atoms with Crippen LogP contribution >= 0.6 is 0 Å². The lowest BCUT2D eigenvalue weighted by Crippen LogP contribution is -2.12. The predicted octanol–water partition coefficient (Wildman–Crippen LogP) is 2.24. The Bertz CT molecular complexity index is 1060. The highest BCUT2D eigenvalue weighted by Gasteiger charge is 2.11. The Kier molecular flexibility index (Phi) is 3.94. The van der Waals surface area contributed by atoms with Crippen molar-refractivity contribution in [1.29, 1.82) is 0 Å². The molecule has 1 aromatic carbocycles. The largest absolute Gasteiger partial charge is 0.319 e. The first-order chi connectivity index (χ1) is 12.7. The van der Waals surface area contributed by atoms with Crippen molar-refractivity contribution in [2.75, 3.05) is 5.32 Å². The molecular weight excluding hydrogens is 337 g/mol. The van der Waals surface area contributed by atoms with E-state index in [-0.39, 0.29) is 5.91 Å². The standard InChI is InChI=1S/C17H12FN7O/c18-14-3-1-2-4-15(14)24-9-13(8-21-24)23-17(26)12-5-6-20-16(7-12)25-11-19-10-22-25/h1-11H,(H,23,26). The third-order valence-corrected chi connectivity index (χ3v) is 3.60. The number of pyridine rings is 1. The molecule has 3 aromatic heterocycles. The van der Waals surface area contributed by atoms with Gasteiger partial charge in [0.2, 0.25) is 0 Å². The summed E-state index contributed by atoms with van der Waals surface area (Å²) in [5, 5.41) is 10.8. The van der Waals surface area contributed by atoms with Crippen LogP contribution in [0.4, 0.5) is 10.1 Å². The molecule has 9 heteroatoms. The zero-order valence-corrected chi connectivity index (χ0v) is 13.3. The Morgan fingerprint density at radius 1 is 1.12 bits per heavy atom. The minimum absolute atomic E-state index is 0.297. The third kappa shape index (κ3) is 3.05. The molecule has 0 aliphatic carbocycles. The fraction of sp³-hybridized carbons (Fsp3) is 0. The number of carbonyl (C=O) groups excluding carboxylic acids is 1. The van der Waals surface area contributed by atoms with Crippen LogP contribution in [0.3, 0.4) is 0 Å². The van der Waals surface area contributed by atoms with Gasteiger partial charge in [0.15, 0.2) is 5.82 Å². The van der Waals surface area contributed by atoms with Crippen LogP contribution in [0.25, 0.3) is 11.5 Å². The maximum atomic E-state index is 13.8. The van der Waals surface area contributed by atoms with Crippen molar-refractivity contribution in [3.8, 4) is 11.5 Å². The van der Waals surface area contributed by atoms with Crippen molar-refractivity contribution >= 4 is 11.6 Å². The molecular formula is C17H12FN7O. The number of benzene rings is 1. The molecule has 0 saturated heterocycles. The molecule has 0 saturated carbocycles. The number of amides is 1. The molecule has 0 atom stereocenters. The van der Waals surface area contributed by atoms with E-state index in [9.17, 15) is 9.18 Å². The normalized spacial score (nSPS) is 10.7. The summed E-state index contributed by atoms with van der Waals surface area (Å²) in [4.78, 5) is 20.4. The van der Waals surface area contributed by atoms with Crippen LogP contribution in [0, 0.1) is 5.82 Å². The molecule has 0 spiro atoms. The van der Waals surface area contributed by atoms with E-state index in [1.54, 1.807) is 30.3 Å². The van der Waals surface area contributed by atoms with Crippen molar-refractivity contribution < 1.29 is 9.18 Å². The van der Waals surface area contributed by atoms with E-state index in [0.717, 1.165) is 0 Å². The second-order valence-corrected chi connectivity index (χ2v) is 5.32. The fourth-order valence-electron chi connectivity index (χ4n) is 2.37. The van der Waals surface area contributed by atoms with Gasteiger partial charge in [-0.25, -0.2) is 23.7 Å². The average molecular weight is 349 g/mol. The number of carbonyl (C=O) groups is 1. The molecule has 4 rings (SSSR count). The van der Waals surface area contributed by atoms with E-state index in [1.165, 1.54) is 46.7 Å². The number of nitrogens with one attached hydrogen (secondary N) is 1. The summed E-state index contributed by atoms with van der Waals surface area (Å²) < 4.78 is 16.6. The average Bonchev–Trinajstić information content (AvgIpc) is 3.34. The van der Waals surface area contributed by atoms with Gasteiger partial charge in [-0.3, -0.25) is 4.79 Å². The van der Waals surface area contributed by atoms with E-state index < -0.39 is 5.82 Å². The van der Waals surface area contributed by atoms with Gasteiger partial charge in [0.25, 0.3) is 5.91 Å². The van der Waals surface area contributed by atoms with Gasteiger partial charge in [0.1, 0.15) is 24.2 Å². The summed E-state index contributed by atoms with van der Waals surface area (Å²) in [6, 6.07) is 9.42. The molecule has 4 aromatic rings. The molecule has 0 radical (unpaired) electrons. The zero-order valence-electron chi connectivity index (χ0n) is 13.3. The summed E-state index contributed by atoms with van der Waals surface area (Å²) in [6.45, 7) is 0. The number of halogens is 1. The number of hydrogen-bond acceptors (Lipinski definition) is 5. The van der Waals surface area contributed by atoms with Crippen molar-refractivity contribution in [1.82, 2.24) is 29.5 Å². The molecule has 128 valence electrons. The summed E-state index contributed by atoms with van der Waals surface area (Å²) in [5.74, 6) is -0.279. The van der Waals surface area contributed by atoms with Crippen molar-refractivity contribution in [2.45, 2.75) is 0 Å². The molecule has 0 fully saturated rings. The van der Waals surface area contributed by atoms with E-state index in [0.29, 0.717) is 22.8 Å². The molecule has 0 unspecified atom stereocenters. The Hall–Kier alpha value is -3.88. The predicted molar refractivity (Wildman–Crippen MR) is 90.6 cm³/mol. The maximum absolute atomic E-state index is 13.8. The SMILES string of the molecule is O=C(Nc1cnn(-c2ccccc2F)c1)c1ccnc(-n2cncn2)c1. The molecule has 1 amide bonds. The highest BCUT2D eigenvalue weighted by molar-refractivity contribution is 6.04. The zero-order chi connectivity index (χ0) is 17.9. The number of nitrogens with zero attached hydrogens (tertiary/aromatic N) is 6. The van der Waals surface area contributed by atoms with Crippen LogP contribution in [-0.2, 0) is 0 Å². The second kappa shape index (κ2) is 6.55. The summed E-state index contributed by atoms with van der Waals surface area (Å²) in [6.07, 6.45) is 7.36. The quantitative estimate of drug-likeness (QED) is 0.610. The van der Waals surface area contributed by atoms with Crippen molar-refractivity contribution in [3.05, 3.63) is 79.0 Å². The first-order valence-corrected chi connectivity index (χ1v) is 7.63. The highest BCUT2D eigenvalue weighted by atomic mass is 19.1. The van der Waals surface area contributed by atoms with Gasteiger partial charge >= 0.3 is 0 Å². The van der Waals surface area contributed by atoms with E-state index >= 15 is 0 Å². The van der Waals surface area contributed by atoms with Crippen LogP contribution in [0.5, 0.6) is 0 Å². The topological polar surface area (TPSA) is 90.5 Å². The first-order valence-electron chi connectivity index (χ1n) is 7.63. The van der Waals surface area contributed by atoms with Crippen LogP contribution in [0.15, 0.2) is 67.6 Å². The van der Waals surface area contributed by atoms with Gasteiger partial charge in [0, 0.05) is 11.8 Å². The van der Waals surface area contributed by atoms with Crippen LogP contribution < -0.4 is 5.32 Å². The summed E-state index contributed by atoms with van der Waals surface area (Å²) in [7, 11) is 0. The number of aromatic nitrogens is 6.